The Hall–Kier alpha value is -1.00. The van der Waals surface area contributed by atoms with Gasteiger partial charge in [-0.15, -0.1) is 0 Å². The highest BCUT2D eigenvalue weighted by Crippen LogP contribution is 2.29. The predicted molar refractivity (Wildman–Crippen MR) is 53.0 cm³/mol. The first kappa shape index (κ1) is 13.1. The summed E-state index contributed by atoms with van der Waals surface area (Å²) in [5, 5.41) is 9.51. The van der Waals surface area contributed by atoms with E-state index in [1.807, 2.05) is 0 Å². The normalized spacial score (nSPS) is 19.8. The summed E-state index contributed by atoms with van der Waals surface area (Å²) in [6.45, 7) is 0. The Labute approximate surface area is 92.1 Å². The van der Waals surface area contributed by atoms with Crippen molar-refractivity contribution in [3.63, 3.8) is 0 Å². The van der Waals surface area contributed by atoms with Gasteiger partial charge in [-0.05, 0) is 12.8 Å². The van der Waals surface area contributed by atoms with Gasteiger partial charge in [-0.25, -0.2) is 0 Å². The highest BCUT2D eigenvalue weighted by atomic mass is 19.4. The van der Waals surface area contributed by atoms with Crippen molar-refractivity contribution in [2.75, 3.05) is 0 Å². The number of ketones is 1. The molecule has 0 saturated heterocycles. The molecule has 0 aromatic heterocycles. The largest absolute Gasteiger partial charge is 0.512 e. The van der Waals surface area contributed by atoms with E-state index in [2.05, 4.69) is 0 Å². The van der Waals surface area contributed by atoms with Gasteiger partial charge in [0.1, 0.15) is 6.42 Å². The maximum Gasteiger partial charge on any atom is 0.396 e. The molecule has 1 aliphatic carbocycles. The lowest BCUT2D eigenvalue weighted by molar-refractivity contribution is -0.149. The number of allylic oxidation sites excluding steroid dienone is 2. The van der Waals surface area contributed by atoms with E-state index in [0.29, 0.717) is 0 Å². The lowest BCUT2D eigenvalue weighted by Gasteiger charge is -2.20. The van der Waals surface area contributed by atoms with Crippen molar-refractivity contribution in [2.45, 2.75) is 44.7 Å². The van der Waals surface area contributed by atoms with Crippen molar-refractivity contribution in [3.8, 4) is 0 Å². The molecule has 0 unspecified atom stereocenters. The highest BCUT2D eigenvalue weighted by Gasteiger charge is 2.30. The maximum absolute atomic E-state index is 11.9. The van der Waals surface area contributed by atoms with Crippen molar-refractivity contribution in [1.29, 1.82) is 0 Å². The molecule has 0 spiro atoms. The van der Waals surface area contributed by atoms with E-state index in [-0.39, 0.29) is 11.7 Å². The van der Waals surface area contributed by atoms with Crippen LogP contribution in [0.25, 0.3) is 0 Å². The zero-order valence-electron chi connectivity index (χ0n) is 8.89. The van der Waals surface area contributed by atoms with Crippen LogP contribution in [0.2, 0.25) is 0 Å². The molecule has 0 bridgehead atoms. The van der Waals surface area contributed by atoms with Crippen molar-refractivity contribution in [1.82, 2.24) is 0 Å². The van der Waals surface area contributed by atoms with Crippen molar-refractivity contribution >= 4 is 5.78 Å². The first-order valence-electron chi connectivity index (χ1n) is 5.38. The number of carbonyl (C=O) groups is 1. The van der Waals surface area contributed by atoms with Gasteiger partial charge in [0.25, 0.3) is 0 Å². The van der Waals surface area contributed by atoms with Crippen LogP contribution in [0.4, 0.5) is 13.2 Å². The van der Waals surface area contributed by atoms with Crippen molar-refractivity contribution in [3.05, 3.63) is 11.8 Å². The fourth-order valence-electron chi connectivity index (χ4n) is 1.93. The molecule has 0 aromatic carbocycles. The molecular weight excluding hydrogens is 221 g/mol. The molecule has 0 amide bonds. The van der Waals surface area contributed by atoms with Gasteiger partial charge in [0, 0.05) is 12.0 Å². The van der Waals surface area contributed by atoms with Gasteiger partial charge in [0.05, 0.1) is 5.76 Å². The molecular formula is C11H15F3O2. The number of carbonyl (C=O) groups excluding carboxylic acids is 1. The van der Waals surface area contributed by atoms with E-state index in [1.165, 1.54) is 0 Å². The molecule has 0 aliphatic heterocycles. The second kappa shape index (κ2) is 5.37. The van der Waals surface area contributed by atoms with Gasteiger partial charge in [0.15, 0.2) is 5.78 Å². The average molecular weight is 236 g/mol. The molecule has 16 heavy (non-hydrogen) atoms. The zero-order valence-corrected chi connectivity index (χ0v) is 8.89. The maximum atomic E-state index is 11.9. The molecule has 92 valence electrons. The van der Waals surface area contributed by atoms with Crippen LogP contribution < -0.4 is 0 Å². The number of aliphatic hydroxyl groups excluding tert-OH is 1. The van der Waals surface area contributed by atoms with Crippen LogP contribution in [0.1, 0.15) is 38.5 Å². The second-order valence-corrected chi connectivity index (χ2v) is 4.16. The van der Waals surface area contributed by atoms with Crippen LogP contribution in [0.5, 0.6) is 0 Å². The average Bonchev–Trinajstić information content (AvgIpc) is 2.16. The molecule has 1 fully saturated rings. The fraction of sp³-hybridized carbons (Fsp3) is 0.727. The fourth-order valence-corrected chi connectivity index (χ4v) is 1.93. The van der Waals surface area contributed by atoms with E-state index in [4.69, 9.17) is 0 Å². The monoisotopic (exact) mass is 236 g/mol. The Kier molecular flexibility index (Phi) is 4.38. The van der Waals surface area contributed by atoms with E-state index in [0.717, 1.165) is 38.2 Å². The first-order chi connectivity index (χ1) is 7.38. The van der Waals surface area contributed by atoms with E-state index >= 15 is 0 Å². The lowest BCUT2D eigenvalue weighted by atomic mass is 9.87. The number of aliphatic hydroxyl groups is 1. The Balaban J connectivity index is 2.51. The Morgan fingerprint density at radius 2 is 1.81 bits per heavy atom. The minimum Gasteiger partial charge on any atom is -0.512 e. The molecule has 1 saturated carbocycles. The first-order valence-corrected chi connectivity index (χ1v) is 5.38. The Morgan fingerprint density at radius 1 is 1.25 bits per heavy atom. The molecule has 5 heteroatoms. The van der Waals surface area contributed by atoms with Gasteiger partial charge in [-0.2, -0.15) is 13.2 Å². The number of alkyl halides is 3. The Bertz CT molecular complexity index is 275. The van der Waals surface area contributed by atoms with Crippen LogP contribution in [0.15, 0.2) is 11.8 Å². The van der Waals surface area contributed by atoms with Crippen LogP contribution in [0.3, 0.4) is 0 Å². The topological polar surface area (TPSA) is 37.3 Å². The summed E-state index contributed by atoms with van der Waals surface area (Å²) in [6, 6.07) is 0. The zero-order chi connectivity index (χ0) is 12.2. The summed E-state index contributed by atoms with van der Waals surface area (Å²) < 4.78 is 35.6. The molecule has 0 aromatic rings. The number of hydrogen-bond donors (Lipinski definition) is 1. The molecule has 0 heterocycles. The smallest absolute Gasteiger partial charge is 0.396 e. The van der Waals surface area contributed by atoms with Gasteiger partial charge in [0.2, 0.25) is 0 Å². The third-order valence-electron chi connectivity index (χ3n) is 2.71. The quantitative estimate of drug-likeness (QED) is 0.601. The van der Waals surface area contributed by atoms with Crippen molar-refractivity contribution in [2.24, 2.45) is 5.92 Å². The summed E-state index contributed by atoms with van der Waals surface area (Å²) in [7, 11) is 0. The molecule has 1 aliphatic rings. The second-order valence-electron chi connectivity index (χ2n) is 4.16. The SMILES string of the molecule is O=C(/C=C(\O)C1CCCCC1)CC(F)(F)F. The van der Waals surface area contributed by atoms with Gasteiger partial charge in [-0.1, -0.05) is 19.3 Å². The number of rotatable bonds is 3. The summed E-state index contributed by atoms with van der Waals surface area (Å²) >= 11 is 0. The molecule has 0 radical (unpaired) electrons. The van der Waals surface area contributed by atoms with Crippen LogP contribution in [-0.2, 0) is 4.79 Å². The molecule has 1 N–H and O–H groups in total. The van der Waals surface area contributed by atoms with E-state index in [9.17, 15) is 23.1 Å². The third kappa shape index (κ3) is 4.68. The standard InChI is InChI=1S/C11H15F3O2/c12-11(13,14)7-9(15)6-10(16)8-4-2-1-3-5-8/h6,8,16H,1-5,7H2/b10-6-. The minimum atomic E-state index is -4.50. The van der Waals surface area contributed by atoms with E-state index < -0.39 is 18.4 Å². The molecule has 1 rings (SSSR count). The van der Waals surface area contributed by atoms with Gasteiger partial charge < -0.3 is 5.11 Å². The summed E-state index contributed by atoms with van der Waals surface area (Å²) in [5.41, 5.74) is 0. The predicted octanol–water partition coefficient (Wildman–Crippen LogP) is 3.53. The summed E-state index contributed by atoms with van der Waals surface area (Å²) in [6.07, 6.45) is -0.761. The summed E-state index contributed by atoms with van der Waals surface area (Å²) in [5.74, 6) is -1.39. The number of halogens is 3. The minimum absolute atomic E-state index is 0.133. The molecule has 0 atom stereocenters. The summed E-state index contributed by atoms with van der Waals surface area (Å²) in [4.78, 5) is 11.0. The van der Waals surface area contributed by atoms with Crippen LogP contribution in [0, 0.1) is 5.92 Å². The van der Waals surface area contributed by atoms with Crippen molar-refractivity contribution < 1.29 is 23.1 Å². The van der Waals surface area contributed by atoms with Gasteiger partial charge in [-0.3, -0.25) is 4.79 Å². The van der Waals surface area contributed by atoms with Crippen LogP contribution >= 0.6 is 0 Å². The lowest BCUT2D eigenvalue weighted by Crippen LogP contribution is -2.15. The van der Waals surface area contributed by atoms with E-state index in [1.54, 1.807) is 0 Å². The Morgan fingerprint density at radius 3 is 2.31 bits per heavy atom. The highest BCUT2D eigenvalue weighted by molar-refractivity contribution is 5.90. The number of hydrogen-bond acceptors (Lipinski definition) is 2. The van der Waals surface area contributed by atoms with Crippen LogP contribution in [-0.4, -0.2) is 17.1 Å². The molecule has 2 nitrogen and oxygen atoms in total. The third-order valence-corrected chi connectivity index (χ3v) is 2.71. The van der Waals surface area contributed by atoms with Gasteiger partial charge >= 0.3 is 6.18 Å².